The van der Waals surface area contributed by atoms with E-state index in [0.717, 1.165) is 22.0 Å². The molecule has 1 aromatic rings. The lowest BCUT2D eigenvalue weighted by Gasteiger charge is -2.46. The van der Waals surface area contributed by atoms with Crippen LogP contribution in [0.2, 0.25) is 0 Å². The van der Waals surface area contributed by atoms with Crippen molar-refractivity contribution in [2.24, 2.45) is 23.7 Å². The van der Waals surface area contributed by atoms with Crippen LogP contribution in [0, 0.1) is 23.7 Å². The SMILES string of the molecule is O=C1C[C@@H]2[C@@H](C=Cc3ccc(Br)cn3)[C@@H]3CCCC[C@H]3C[C@@H]2N1. The van der Waals surface area contributed by atoms with Gasteiger partial charge in [0.15, 0.2) is 0 Å². The number of rotatable bonds is 2. The Balaban J connectivity index is 1.59. The summed E-state index contributed by atoms with van der Waals surface area (Å²) >= 11 is 3.43. The molecule has 3 aliphatic rings. The number of hydrogen-bond acceptors (Lipinski definition) is 2. The second kappa shape index (κ2) is 6.39. The molecule has 4 heteroatoms. The summed E-state index contributed by atoms with van der Waals surface area (Å²) in [5, 5.41) is 3.23. The summed E-state index contributed by atoms with van der Waals surface area (Å²) in [6.45, 7) is 0. The van der Waals surface area contributed by atoms with Gasteiger partial charge in [-0.3, -0.25) is 9.78 Å². The van der Waals surface area contributed by atoms with Gasteiger partial charge in [0, 0.05) is 23.1 Å². The number of hydrogen-bond donors (Lipinski definition) is 1. The van der Waals surface area contributed by atoms with E-state index in [-0.39, 0.29) is 5.91 Å². The lowest BCUT2D eigenvalue weighted by atomic mass is 9.60. The molecule has 3 fully saturated rings. The van der Waals surface area contributed by atoms with E-state index in [4.69, 9.17) is 0 Å². The number of carbonyl (C=O) groups excluding carboxylic acids is 1. The van der Waals surface area contributed by atoms with Crippen molar-refractivity contribution in [2.45, 2.75) is 44.6 Å². The largest absolute Gasteiger partial charge is 0.353 e. The van der Waals surface area contributed by atoms with Gasteiger partial charge in [-0.1, -0.05) is 25.3 Å². The number of allylic oxidation sites excluding steroid dienone is 1. The third-order valence-corrected chi connectivity index (χ3v) is 6.51. The molecule has 4 rings (SSSR count). The summed E-state index contributed by atoms with van der Waals surface area (Å²) in [6, 6.07) is 4.46. The summed E-state index contributed by atoms with van der Waals surface area (Å²) < 4.78 is 1.00. The van der Waals surface area contributed by atoms with Crippen molar-refractivity contribution < 1.29 is 4.79 Å². The average Bonchev–Trinajstić information content (AvgIpc) is 2.93. The number of pyridine rings is 1. The zero-order valence-electron chi connectivity index (χ0n) is 13.2. The van der Waals surface area contributed by atoms with E-state index >= 15 is 0 Å². The van der Waals surface area contributed by atoms with Crippen molar-refractivity contribution in [2.75, 3.05) is 0 Å². The van der Waals surface area contributed by atoms with E-state index in [1.165, 1.54) is 32.1 Å². The summed E-state index contributed by atoms with van der Waals surface area (Å²) in [7, 11) is 0. The van der Waals surface area contributed by atoms with E-state index in [2.05, 4.69) is 38.4 Å². The number of halogens is 1. The molecule has 0 radical (unpaired) electrons. The van der Waals surface area contributed by atoms with Crippen LogP contribution in [0.4, 0.5) is 0 Å². The highest BCUT2D eigenvalue weighted by molar-refractivity contribution is 9.10. The van der Waals surface area contributed by atoms with Gasteiger partial charge in [0.1, 0.15) is 0 Å². The van der Waals surface area contributed by atoms with Gasteiger partial charge in [0.2, 0.25) is 5.91 Å². The first-order valence-corrected chi connectivity index (χ1v) is 9.59. The third-order valence-electron chi connectivity index (χ3n) is 6.04. The second-order valence-electron chi connectivity index (χ2n) is 7.32. The van der Waals surface area contributed by atoms with Gasteiger partial charge in [0.05, 0.1) is 5.69 Å². The Hall–Kier alpha value is -1.16. The van der Waals surface area contributed by atoms with Crippen LogP contribution in [-0.4, -0.2) is 16.9 Å². The van der Waals surface area contributed by atoms with Crippen LogP contribution in [0.1, 0.15) is 44.2 Å². The van der Waals surface area contributed by atoms with Crippen LogP contribution >= 0.6 is 15.9 Å². The number of aromatic nitrogens is 1. The minimum Gasteiger partial charge on any atom is -0.353 e. The van der Waals surface area contributed by atoms with Crippen molar-refractivity contribution in [3.8, 4) is 0 Å². The Kier molecular flexibility index (Phi) is 4.27. The maximum atomic E-state index is 11.9. The van der Waals surface area contributed by atoms with Crippen LogP contribution in [0.3, 0.4) is 0 Å². The lowest BCUT2D eigenvalue weighted by Crippen LogP contribution is -2.45. The zero-order chi connectivity index (χ0) is 15.8. The lowest BCUT2D eigenvalue weighted by molar-refractivity contribution is -0.119. The highest BCUT2D eigenvalue weighted by Crippen LogP contribution is 2.49. The normalized spacial score (nSPS) is 36.6. The molecule has 1 aliphatic heterocycles. The molecule has 2 aliphatic carbocycles. The topological polar surface area (TPSA) is 42.0 Å². The third kappa shape index (κ3) is 3.10. The van der Waals surface area contributed by atoms with Crippen molar-refractivity contribution in [3.63, 3.8) is 0 Å². The highest BCUT2D eigenvalue weighted by atomic mass is 79.9. The first-order chi connectivity index (χ1) is 11.2. The van der Waals surface area contributed by atoms with Crippen molar-refractivity contribution in [1.82, 2.24) is 10.3 Å². The summed E-state index contributed by atoms with van der Waals surface area (Å²) in [4.78, 5) is 16.4. The second-order valence-corrected chi connectivity index (χ2v) is 8.24. The van der Waals surface area contributed by atoms with Crippen LogP contribution in [-0.2, 0) is 4.79 Å². The predicted octanol–water partition coefficient (Wildman–Crippen LogP) is 4.19. The molecule has 122 valence electrons. The number of nitrogens with zero attached hydrogens (tertiary/aromatic N) is 1. The van der Waals surface area contributed by atoms with E-state index in [0.29, 0.717) is 24.3 Å². The smallest absolute Gasteiger partial charge is 0.220 e. The van der Waals surface area contributed by atoms with Crippen LogP contribution < -0.4 is 5.32 Å². The molecule has 0 unspecified atom stereocenters. The van der Waals surface area contributed by atoms with Crippen LogP contribution in [0.15, 0.2) is 28.9 Å². The number of fused-ring (bicyclic) bond motifs is 2. The van der Waals surface area contributed by atoms with Gasteiger partial charge in [-0.15, -0.1) is 0 Å². The van der Waals surface area contributed by atoms with Gasteiger partial charge >= 0.3 is 0 Å². The van der Waals surface area contributed by atoms with E-state index in [1.807, 2.05) is 18.3 Å². The van der Waals surface area contributed by atoms with Crippen molar-refractivity contribution in [1.29, 1.82) is 0 Å². The maximum Gasteiger partial charge on any atom is 0.220 e. The highest BCUT2D eigenvalue weighted by Gasteiger charge is 2.47. The van der Waals surface area contributed by atoms with Gasteiger partial charge in [-0.2, -0.15) is 0 Å². The molecule has 0 spiro atoms. The molecule has 1 amide bonds. The average molecular weight is 375 g/mol. The van der Waals surface area contributed by atoms with Gasteiger partial charge in [0.25, 0.3) is 0 Å². The van der Waals surface area contributed by atoms with Gasteiger partial charge < -0.3 is 5.32 Å². The van der Waals surface area contributed by atoms with Gasteiger partial charge in [-0.05, 0) is 70.7 Å². The Morgan fingerprint density at radius 3 is 2.91 bits per heavy atom. The first-order valence-electron chi connectivity index (χ1n) is 8.80. The fourth-order valence-electron chi connectivity index (χ4n) is 5.03. The molecular formula is C19H23BrN2O. The molecular weight excluding hydrogens is 352 g/mol. The van der Waals surface area contributed by atoms with E-state index in [9.17, 15) is 4.79 Å². The Morgan fingerprint density at radius 2 is 2.09 bits per heavy atom. The zero-order valence-corrected chi connectivity index (χ0v) is 14.8. The molecule has 5 atom stereocenters. The van der Waals surface area contributed by atoms with Gasteiger partial charge in [-0.25, -0.2) is 0 Å². The quantitative estimate of drug-likeness (QED) is 0.842. The van der Waals surface area contributed by atoms with E-state index in [1.54, 1.807) is 0 Å². The molecule has 0 bridgehead atoms. The standard InChI is InChI=1S/C19H23BrN2O/c20-13-5-6-14(21-11-13)7-8-16-15-4-2-1-3-12(15)9-18-17(16)10-19(23)22-18/h5-8,11-12,15-18H,1-4,9-10H2,(H,22,23)/t12-,15+,16-,17+,18-/m0/s1. The molecule has 0 aromatic carbocycles. The molecule has 23 heavy (non-hydrogen) atoms. The number of carbonyl (C=O) groups is 1. The van der Waals surface area contributed by atoms with Crippen LogP contribution in [0.5, 0.6) is 0 Å². The Bertz CT molecular complexity index is 612. The molecule has 2 saturated carbocycles. The monoisotopic (exact) mass is 374 g/mol. The predicted molar refractivity (Wildman–Crippen MR) is 94.6 cm³/mol. The van der Waals surface area contributed by atoms with Crippen LogP contribution in [0.25, 0.3) is 6.08 Å². The summed E-state index contributed by atoms with van der Waals surface area (Å²) in [5.41, 5.74) is 1.000. The fraction of sp³-hybridized carbons (Fsp3) is 0.579. The molecule has 1 N–H and O–H groups in total. The number of nitrogens with one attached hydrogen (secondary N) is 1. The Labute approximate surface area is 146 Å². The molecule has 1 saturated heterocycles. The molecule has 1 aromatic heterocycles. The summed E-state index contributed by atoms with van der Waals surface area (Å²) in [5.74, 6) is 2.79. The molecule has 2 heterocycles. The van der Waals surface area contributed by atoms with Crippen molar-refractivity contribution in [3.05, 3.63) is 34.6 Å². The number of amides is 1. The minimum atomic E-state index is 0.249. The summed E-state index contributed by atoms with van der Waals surface area (Å²) in [6.07, 6.45) is 13.6. The fourth-order valence-corrected chi connectivity index (χ4v) is 5.26. The van der Waals surface area contributed by atoms with E-state index < -0.39 is 0 Å². The maximum absolute atomic E-state index is 11.9. The Morgan fingerprint density at radius 1 is 1.22 bits per heavy atom. The minimum absolute atomic E-state index is 0.249. The van der Waals surface area contributed by atoms with Crippen molar-refractivity contribution >= 4 is 27.9 Å². The first kappa shape index (κ1) is 15.4. The molecule has 3 nitrogen and oxygen atoms in total.